The van der Waals surface area contributed by atoms with Gasteiger partial charge in [0, 0.05) is 29.9 Å². The number of hydrogen-bond acceptors (Lipinski definition) is 7. The lowest BCUT2D eigenvalue weighted by molar-refractivity contribution is -0.139. The number of esters is 1. The van der Waals surface area contributed by atoms with Crippen LogP contribution in [0.25, 0.3) is 11.1 Å². The Labute approximate surface area is 283 Å². The van der Waals surface area contributed by atoms with Gasteiger partial charge < -0.3 is 24.4 Å². The smallest absolute Gasteiger partial charge is 0.407 e. The predicted octanol–water partition coefficient (Wildman–Crippen LogP) is 6.97. The van der Waals surface area contributed by atoms with E-state index in [-0.39, 0.29) is 24.5 Å². The largest absolute Gasteiger partial charge is 0.496 e. The molecule has 3 aliphatic carbocycles. The van der Waals surface area contributed by atoms with E-state index in [1.165, 1.54) is 31.1 Å². The van der Waals surface area contributed by atoms with E-state index in [1.54, 1.807) is 7.11 Å². The second kappa shape index (κ2) is 15.3. The van der Waals surface area contributed by atoms with E-state index in [1.807, 2.05) is 17.2 Å². The van der Waals surface area contributed by atoms with Crippen molar-refractivity contribution in [3.8, 4) is 16.9 Å². The zero-order valence-corrected chi connectivity index (χ0v) is 28.4. The number of alkyl carbamates (subject to hydrolysis) is 1. The van der Waals surface area contributed by atoms with Crippen LogP contribution in [0.1, 0.15) is 87.3 Å². The third-order valence-corrected chi connectivity index (χ3v) is 10.4. The Kier molecular flexibility index (Phi) is 10.7. The highest BCUT2D eigenvalue weighted by molar-refractivity contribution is 5.95. The molecule has 3 saturated carbocycles. The normalized spacial score (nSPS) is 22.4. The van der Waals surface area contributed by atoms with Gasteiger partial charge in [-0.15, -0.1) is 0 Å². The Morgan fingerprint density at radius 1 is 0.917 bits per heavy atom. The van der Waals surface area contributed by atoms with Crippen LogP contribution in [0, 0.1) is 18.8 Å². The van der Waals surface area contributed by atoms with Crippen LogP contribution >= 0.6 is 0 Å². The highest BCUT2D eigenvalue weighted by Gasteiger charge is 2.34. The van der Waals surface area contributed by atoms with E-state index in [0.717, 1.165) is 48.2 Å². The molecular formula is C38H48N4O6. The molecule has 0 unspecified atom stereocenters. The number of rotatable bonds is 11. The van der Waals surface area contributed by atoms with Gasteiger partial charge in [0.15, 0.2) is 0 Å². The quantitative estimate of drug-likeness (QED) is 0.222. The molecule has 10 heteroatoms. The van der Waals surface area contributed by atoms with Crippen molar-refractivity contribution in [3.05, 3.63) is 66.0 Å². The van der Waals surface area contributed by atoms with Crippen molar-refractivity contribution in [2.75, 3.05) is 32.2 Å². The Hall–Kier alpha value is -4.34. The van der Waals surface area contributed by atoms with Crippen LogP contribution in [0.4, 0.5) is 10.5 Å². The van der Waals surface area contributed by atoms with Crippen molar-refractivity contribution >= 4 is 23.7 Å². The molecule has 0 bridgehead atoms. The van der Waals surface area contributed by atoms with Crippen LogP contribution in [0.5, 0.6) is 5.75 Å². The maximum Gasteiger partial charge on any atom is 0.407 e. The fourth-order valence-corrected chi connectivity index (χ4v) is 7.35. The summed E-state index contributed by atoms with van der Waals surface area (Å²) in [5.74, 6) is 1.30. The first kappa shape index (κ1) is 33.6. The third kappa shape index (κ3) is 8.20. The topological polar surface area (TPSA) is 112 Å². The molecule has 0 atom stereocenters. The van der Waals surface area contributed by atoms with E-state index in [4.69, 9.17) is 9.47 Å². The number of aromatic nitrogens is 2. The summed E-state index contributed by atoms with van der Waals surface area (Å²) >= 11 is 0. The minimum atomic E-state index is -0.640. The maximum atomic E-state index is 14.4. The number of nitrogens with zero attached hydrogens (tertiary/aromatic N) is 3. The molecule has 0 radical (unpaired) electrons. The molecule has 0 aliphatic heterocycles. The van der Waals surface area contributed by atoms with Crippen molar-refractivity contribution in [3.63, 3.8) is 0 Å². The van der Waals surface area contributed by atoms with Crippen molar-refractivity contribution in [2.45, 2.75) is 89.2 Å². The molecule has 1 heterocycles. The lowest BCUT2D eigenvalue weighted by atomic mass is 9.78. The number of nitrogens with one attached hydrogen (secondary N) is 1. The highest BCUT2D eigenvalue weighted by atomic mass is 16.6. The number of benzene rings is 2. The summed E-state index contributed by atoms with van der Waals surface area (Å²) in [6.07, 6.45) is 12.3. The predicted molar refractivity (Wildman–Crippen MR) is 183 cm³/mol. The first-order chi connectivity index (χ1) is 23.3. The molecule has 256 valence electrons. The van der Waals surface area contributed by atoms with E-state index in [2.05, 4.69) is 69.4 Å². The molecule has 3 fully saturated rings. The monoisotopic (exact) mass is 656 g/mol. The number of anilines is 1. The summed E-state index contributed by atoms with van der Waals surface area (Å²) in [5, 5.41) is 7.02. The van der Waals surface area contributed by atoms with Gasteiger partial charge in [0.1, 0.15) is 18.4 Å². The molecule has 6 rings (SSSR count). The Bertz CT molecular complexity index is 1580. The van der Waals surface area contributed by atoms with Crippen molar-refractivity contribution in [2.24, 2.45) is 11.8 Å². The Morgan fingerprint density at radius 2 is 1.69 bits per heavy atom. The zero-order chi connectivity index (χ0) is 33.6. The molecule has 3 aliphatic rings. The van der Waals surface area contributed by atoms with Gasteiger partial charge in [0.05, 0.1) is 26.5 Å². The van der Waals surface area contributed by atoms with Gasteiger partial charge in [-0.2, -0.15) is 5.10 Å². The summed E-state index contributed by atoms with van der Waals surface area (Å²) < 4.78 is 17.6. The van der Waals surface area contributed by atoms with E-state index in [9.17, 15) is 14.4 Å². The fourth-order valence-electron chi connectivity index (χ4n) is 7.35. The number of aryl methyl sites for hydroxylation is 1. The zero-order valence-electron chi connectivity index (χ0n) is 28.4. The fraction of sp³-hybridized carbons (Fsp3) is 0.526. The van der Waals surface area contributed by atoms with Crippen LogP contribution in [-0.4, -0.2) is 61.2 Å². The van der Waals surface area contributed by atoms with Crippen molar-refractivity contribution in [1.29, 1.82) is 0 Å². The molecule has 2 amide bonds. The molecule has 10 nitrogen and oxygen atoms in total. The average molecular weight is 657 g/mol. The van der Waals surface area contributed by atoms with Crippen molar-refractivity contribution in [1.82, 2.24) is 15.1 Å². The number of ether oxygens (including phenoxy) is 3. The van der Waals surface area contributed by atoms with Gasteiger partial charge in [-0.05, 0) is 118 Å². The van der Waals surface area contributed by atoms with Crippen molar-refractivity contribution < 1.29 is 28.6 Å². The standard InChI is InChI=1S/C38H48N4O6/c1-25-19-30(13-18-35(25)46-2)27-9-7-26(8-10-27)23-41(33-6-4-5-29(20-33)31-21-40-42(24-31)32-14-15-32)37(44)28-11-16-34(17-12-28)48-38(45)39-22-36(43)47-3/h4-6,13,18-21,24,26-28,32,34H,7-12,14-17,22-23H2,1-3H3,(H,39,45). The molecule has 1 aromatic heterocycles. The Morgan fingerprint density at radius 3 is 2.38 bits per heavy atom. The van der Waals surface area contributed by atoms with E-state index >= 15 is 0 Å². The van der Waals surface area contributed by atoms with Gasteiger partial charge in [-0.25, -0.2) is 4.79 Å². The third-order valence-electron chi connectivity index (χ3n) is 10.4. The number of carbonyl (C=O) groups is 3. The number of carbonyl (C=O) groups excluding carboxylic acids is 3. The summed E-state index contributed by atoms with van der Waals surface area (Å²) in [7, 11) is 2.98. The lowest BCUT2D eigenvalue weighted by Gasteiger charge is -2.36. The SMILES string of the molecule is COC(=O)CNC(=O)OC1CCC(C(=O)N(CC2CCC(c3ccc(OC)c(C)c3)CC2)c2cccc(-c3cnn(C4CC4)c3)c2)CC1. The molecule has 0 saturated heterocycles. The summed E-state index contributed by atoms with van der Waals surface area (Å²) in [5.41, 5.74) is 5.58. The maximum absolute atomic E-state index is 14.4. The van der Waals surface area contributed by atoms with Crippen LogP contribution in [-0.2, 0) is 19.1 Å². The minimum Gasteiger partial charge on any atom is -0.496 e. The second-order valence-corrected chi connectivity index (χ2v) is 13.7. The number of amides is 2. The highest BCUT2D eigenvalue weighted by Crippen LogP contribution is 2.40. The lowest BCUT2D eigenvalue weighted by Crippen LogP contribution is -2.42. The Balaban J connectivity index is 1.13. The number of methoxy groups -OCH3 is 2. The minimum absolute atomic E-state index is 0.141. The van der Waals surface area contributed by atoms with Gasteiger partial charge in [0.25, 0.3) is 0 Å². The van der Waals surface area contributed by atoms with Crippen LogP contribution in [0.2, 0.25) is 0 Å². The summed E-state index contributed by atoms with van der Waals surface area (Å²) in [6, 6.07) is 15.4. The van der Waals surface area contributed by atoms with Gasteiger partial charge >= 0.3 is 12.1 Å². The molecule has 0 spiro atoms. The van der Waals surface area contributed by atoms with E-state index in [0.29, 0.717) is 50.1 Å². The van der Waals surface area contributed by atoms with Crippen LogP contribution in [0.3, 0.4) is 0 Å². The van der Waals surface area contributed by atoms with Gasteiger partial charge in [-0.1, -0.05) is 24.3 Å². The average Bonchev–Trinajstić information content (AvgIpc) is 3.85. The van der Waals surface area contributed by atoms with Crippen LogP contribution in [0.15, 0.2) is 54.9 Å². The molecule has 3 aromatic rings. The summed E-state index contributed by atoms with van der Waals surface area (Å²) in [4.78, 5) is 39.9. The van der Waals surface area contributed by atoms with E-state index < -0.39 is 12.1 Å². The first-order valence-electron chi connectivity index (χ1n) is 17.4. The molecule has 48 heavy (non-hydrogen) atoms. The first-order valence-corrected chi connectivity index (χ1v) is 17.4. The summed E-state index contributed by atoms with van der Waals surface area (Å²) in [6.45, 7) is 2.55. The molecular weight excluding hydrogens is 608 g/mol. The molecule has 2 aromatic carbocycles. The number of hydrogen-bond donors (Lipinski definition) is 1. The second-order valence-electron chi connectivity index (χ2n) is 13.7. The van der Waals surface area contributed by atoms with Gasteiger partial charge in [-0.3, -0.25) is 14.3 Å². The van der Waals surface area contributed by atoms with Gasteiger partial charge in [0.2, 0.25) is 5.91 Å². The molecule has 1 N–H and O–H groups in total. The van der Waals surface area contributed by atoms with Crippen LogP contribution < -0.4 is 15.0 Å².